The van der Waals surface area contributed by atoms with Gasteiger partial charge in [0.1, 0.15) is 5.75 Å². The highest BCUT2D eigenvalue weighted by atomic mass is 35.5. The molecular formula is C11H16ClNO2. The maximum atomic E-state index is 9.49. The molecule has 4 heteroatoms. The quantitative estimate of drug-likeness (QED) is 0.823. The first-order valence-corrected chi connectivity index (χ1v) is 5.17. The van der Waals surface area contributed by atoms with Crippen LogP contribution in [-0.4, -0.2) is 24.9 Å². The summed E-state index contributed by atoms with van der Waals surface area (Å²) in [6.07, 6.45) is -0.0992. The molecule has 1 aromatic carbocycles. The molecule has 0 aromatic heterocycles. The lowest BCUT2D eigenvalue weighted by atomic mass is 10.0. The van der Waals surface area contributed by atoms with E-state index in [1.54, 1.807) is 13.2 Å². The second-order valence-electron chi connectivity index (χ2n) is 3.51. The minimum atomic E-state index is -0.559. The summed E-state index contributed by atoms with van der Waals surface area (Å²) in [6, 6.07) is 3.63. The third kappa shape index (κ3) is 3.09. The van der Waals surface area contributed by atoms with Gasteiger partial charge < -0.3 is 15.6 Å². The molecule has 0 saturated carbocycles. The molecule has 0 fully saturated rings. The molecule has 1 atom stereocenters. The van der Waals surface area contributed by atoms with Crippen molar-refractivity contribution < 1.29 is 9.84 Å². The summed E-state index contributed by atoms with van der Waals surface area (Å²) in [5.74, 6) is 0.770. The van der Waals surface area contributed by atoms with E-state index in [9.17, 15) is 5.11 Å². The highest BCUT2D eigenvalue weighted by Gasteiger charge is 2.11. The van der Waals surface area contributed by atoms with Crippen molar-refractivity contribution in [3.63, 3.8) is 0 Å². The van der Waals surface area contributed by atoms with Crippen LogP contribution >= 0.6 is 11.6 Å². The average Bonchev–Trinajstić information content (AvgIpc) is 2.17. The molecule has 0 heterocycles. The Balaban J connectivity index is 3.03. The number of hydrogen-bond donors (Lipinski definition) is 2. The Labute approximate surface area is 94.8 Å². The summed E-state index contributed by atoms with van der Waals surface area (Å²) in [5, 5.41) is 10.1. The molecule has 0 radical (unpaired) electrons. The average molecular weight is 230 g/mol. The van der Waals surface area contributed by atoms with E-state index in [1.165, 1.54) is 0 Å². The molecule has 0 saturated heterocycles. The molecule has 0 aliphatic heterocycles. The molecule has 0 aliphatic rings. The maximum absolute atomic E-state index is 9.49. The standard InChI is InChI=1S/C11H16ClNO2/c1-7-3-9(12)4-8(11(7)15-2)5-10(14)6-13/h3-4,10,14H,5-6,13H2,1-2H3. The van der Waals surface area contributed by atoms with Gasteiger partial charge in [-0.2, -0.15) is 0 Å². The van der Waals surface area contributed by atoms with Crippen LogP contribution in [0.5, 0.6) is 5.75 Å². The topological polar surface area (TPSA) is 55.5 Å². The fourth-order valence-corrected chi connectivity index (χ4v) is 1.88. The fourth-order valence-electron chi connectivity index (χ4n) is 1.58. The van der Waals surface area contributed by atoms with Gasteiger partial charge in [-0.1, -0.05) is 11.6 Å². The SMILES string of the molecule is COc1c(C)cc(Cl)cc1CC(O)CN. The van der Waals surface area contributed by atoms with Crippen LogP contribution in [0.2, 0.25) is 5.02 Å². The van der Waals surface area contributed by atoms with E-state index in [4.69, 9.17) is 22.1 Å². The Morgan fingerprint density at radius 1 is 1.53 bits per heavy atom. The van der Waals surface area contributed by atoms with Crippen molar-refractivity contribution in [1.29, 1.82) is 0 Å². The molecule has 1 rings (SSSR count). The summed E-state index contributed by atoms with van der Waals surface area (Å²) < 4.78 is 5.27. The van der Waals surface area contributed by atoms with Crippen molar-refractivity contribution in [3.8, 4) is 5.75 Å². The Morgan fingerprint density at radius 2 is 2.20 bits per heavy atom. The second-order valence-corrected chi connectivity index (χ2v) is 3.95. The number of aryl methyl sites for hydroxylation is 1. The number of halogens is 1. The van der Waals surface area contributed by atoms with Gasteiger partial charge in [0.15, 0.2) is 0 Å². The number of aliphatic hydroxyl groups is 1. The lowest BCUT2D eigenvalue weighted by Gasteiger charge is -2.14. The van der Waals surface area contributed by atoms with Gasteiger partial charge in [-0.05, 0) is 30.2 Å². The number of rotatable bonds is 4. The van der Waals surface area contributed by atoms with Gasteiger partial charge in [-0.3, -0.25) is 0 Å². The van der Waals surface area contributed by atoms with Crippen LogP contribution < -0.4 is 10.5 Å². The van der Waals surface area contributed by atoms with Crippen molar-refractivity contribution in [3.05, 3.63) is 28.3 Å². The monoisotopic (exact) mass is 229 g/mol. The zero-order chi connectivity index (χ0) is 11.4. The van der Waals surface area contributed by atoms with E-state index in [-0.39, 0.29) is 6.54 Å². The number of methoxy groups -OCH3 is 1. The van der Waals surface area contributed by atoms with Crippen LogP contribution in [0.4, 0.5) is 0 Å². The van der Waals surface area contributed by atoms with E-state index < -0.39 is 6.10 Å². The summed E-state index contributed by atoms with van der Waals surface area (Å²) in [4.78, 5) is 0. The first-order valence-electron chi connectivity index (χ1n) is 4.79. The predicted molar refractivity (Wildman–Crippen MR) is 61.5 cm³/mol. The normalized spacial score (nSPS) is 12.6. The van der Waals surface area contributed by atoms with Gasteiger partial charge in [0.05, 0.1) is 13.2 Å². The zero-order valence-electron chi connectivity index (χ0n) is 8.96. The molecule has 3 N–H and O–H groups in total. The molecule has 0 spiro atoms. The predicted octanol–water partition coefficient (Wildman–Crippen LogP) is 1.52. The highest BCUT2D eigenvalue weighted by molar-refractivity contribution is 6.30. The minimum absolute atomic E-state index is 0.231. The van der Waals surface area contributed by atoms with Crippen LogP contribution in [0.3, 0.4) is 0 Å². The van der Waals surface area contributed by atoms with Crippen molar-refractivity contribution in [2.24, 2.45) is 5.73 Å². The third-order valence-corrected chi connectivity index (χ3v) is 2.47. The largest absolute Gasteiger partial charge is 0.496 e. The summed E-state index contributed by atoms with van der Waals surface area (Å²) in [7, 11) is 1.61. The fraction of sp³-hybridized carbons (Fsp3) is 0.455. The van der Waals surface area contributed by atoms with Gasteiger partial charge in [-0.25, -0.2) is 0 Å². The van der Waals surface area contributed by atoms with Crippen LogP contribution in [-0.2, 0) is 6.42 Å². The smallest absolute Gasteiger partial charge is 0.125 e. The molecule has 84 valence electrons. The molecule has 1 unspecified atom stereocenters. The van der Waals surface area contributed by atoms with Gasteiger partial charge in [0.25, 0.3) is 0 Å². The van der Waals surface area contributed by atoms with E-state index in [0.29, 0.717) is 11.4 Å². The number of nitrogens with two attached hydrogens (primary N) is 1. The van der Waals surface area contributed by atoms with Crippen molar-refractivity contribution in [2.75, 3.05) is 13.7 Å². The van der Waals surface area contributed by atoms with Gasteiger partial charge >= 0.3 is 0 Å². The molecule has 1 aromatic rings. The molecule has 15 heavy (non-hydrogen) atoms. The molecule has 3 nitrogen and oxygen atoms in total. The van der Waals surface area contributed by atoms with Gasteiger partial charge in [-0.15, -0.1) is 0 Å². The lowest BCUT2D eigenvalue weighted by molar-refractivity contribution is 0.182. The van der Waals surface area contributed by atoms with E-state index in [1.807, 2.05) is 13.0 Å². The Kier molecular flexibility index (Phi) is 4.39. The van der Waals surface area contributed by atoms with Crippen LogP contribution in [0.25, 0.3) is 0 Å². The van der Waals surface area contributed by atoms with Crippen molar-refractivity contribution in [1.82, 2.24) is 0 Å². The first-order chi connectivity index (χ1) is 7.08. The molecule has 0 aliphatic carbocycles. The maximum Gasteiger partial charge on any atom is 0.125 e. The van der Waals surface area contributed by atoms with Gasteiger partial charge in [0, 0.05) is 18.0 Å². The van der Waals surface area contributed by atoms with Crippen LogP contribution in [0.15, 0.2) is 12.1 Å². The first kappa shape index (κ1) is 12.3. The third-order valence-electron chi connectivity index (χ3n) is 2.25. The van der Waals surface area contributed by atoms with Crippen LogP contribution in [0, 0.1) is 6.92 Å². The number of ether oxygens (including phenoxy) is 1. The van der Waals surface area contributed by atoms with Crippen LogP contribution in [0.1, 0.15) is 11.1 Å². The molecule has 0 amide bonds. The number of aliphatic hydroxyl groups excluding tert-OH is 1. The summed E-state index contributed by atoms with van der Waals surface area (Å²) in [6.45, 7) is 2.15. The van der Waals surface area contributed by atoms with Crippen molar-refractivity contribution in [2.45, 2.75) is 19.4 Å². The Bertz CT molecular complexity index is 342. The highest BCUT2D eigenvalue weighted by Crippen LogP contribution is 2.28. The zero-order valence-corrected chi connectivity index (χ0v) is 9.71. The number of hydrogen-bond acceptors (Lipinski definition) is 3. The Morgan fingerprint density at radius 3 is 2.73 bits per heavy atom. The summed E-state index contributed by atoms with van der Waals surface area (Å²) >= 11 is 5.94. The number of benzene rings is 1. The van der Waals surface area contributed by atoms with E-state index in [2.05, 4.69) is 0 Å². The van der Waals surface area contributed by atoms with E-state index >= 15 is 0 Å². The summed E-state index contributed by atoms with van der Waals surface area (Å²) in [5.41, 5.74) is 7.22. The lowest BCUT2D eigenvalue weighted by Crippen LogP contribution is -2.22. The molecular weight excluding hydrogens is 214 g/mol. The Hall–Kier alpha value is -0.770. The van der Waals surface area contributed by atoms with E-state index in [0.717, 1.165) is 16.9 Å². The minimum Gasteiger partial charge on any atom is -0.496 e. The van der Waals surface area contributed by atoms with Gasteiger partial charge in [0.2, 0.25) is 0 Å². The van der Waals surface area contributed by atoms with Crippen molar-refractivity contribution >= 4 is 11.6 Å². The molecule has 0 bridgehead atoms. The second kappa shape index (κ2) is 5.35.